The van der Waals surface area contributed by atoms with E-state index in [0.29, 0.717) is 18.0 Å². The Balaban J connectivity index is 1.31. The van der Waals surface area contributed by atoms with Gasteiger partial charge in [-0.3, -0.25) is 25.4 Å². The topological polar surface area (TPSA) is 104 Å². The largest absolute Gasteiger partial charge is 0.457 e. The van der Waals surface area contributed by atoms with E-state index in [0.717, 1.165) is 16.9 Å². The number of para-hydroxylation sites is 1. The van der Waals surface area contributed by atoms with Crippen LogP contribution in [0.5, 0.6) is 11.5 Å². The molecule has 0 aliphatic carbocycles. The lowest BCUT2D eigenvalue weighted by atomic mass is 10.1. The molecule has 0 radical (unpaired) electrons. The summed E-state index contributed by atoms with van der Waals surface area (Å²) < 4.78 is 5.80. The van der Waals surface area contributed by atoms with Crippen LogP contribution in [0.2, 0.25) is 0 Å². The number of hydrogen-bond acceptors (Lipinski definition) is 6. The Morgan fingerprint density at radius 1 is 0.970 bits per heavy atom. The third-order valence-electron chi connectivity index (χ3n) is 4.78. The van der Waals surface area contributed by atoms with Crippen molar-refractivity contribution in [2.45, 2.75) is 18.9 Å². The van der Waals surface area contributed by atoms with Crippen molar-refractivity contribution in [3.8, 4) is 11.5 Å². The van der Waals surface area contributed by atoms with Crippen LogP contribution in [0.25, 0.3) is 0 Å². The fraction of sp³-hybridized carbons (Fsp3) is 0.120. The molecule has 0 aromatic heterocycles. The SMILES string of the molecule is O=C(C[C@H]1N=C(Cc2ccccc2)NNC1=O)NN=Cc1cccc(Oc2ccccc2)c1. The first-order chi connectivity index (χ1) is 16.2. The number of ether oxygens (including phenoxy) is 1. The van der Waals surface area contributed by atoms with E-state index in [2.05, 4.69) is 26.4 Å². The second-order valence-corrected chi connectivity index (χ2v) is 7.35. The number of hydrogen-bond donors (Lipinski definition) is 3. The standard InChI is InChI=1S/C25H23N5O3/c31-24(16-22-25(32)30-28-23(27-22)15-18-8-3-1-4-9-18)29-26-17-19-10-7-13-21(14-19)33-20-11-5-2-6-12-20/h1-14,17,22H,15-16H2,(H,27,28)(H,29,31)(H,30,32)/t22-/m1/s1. The molecule has 0 saturated carbocycles. The van der Waals surface area contributed by atoms with E-state index in [4.69, 9.17) is 4.74 Å². The number of nitrogens with one attached hydrogen (secondary N) is 3. The third kappa shape index (κ3) is 6.51. The molecule has 0 fully saturated rings. The number of rotatable bonds is 8. The first-order valence-corrected chi connectivity index (χ1v) is 10.5. The average molecular weight is 441 g/mol. The lowest BCUT2D eigenvalue weighted by Gasteiger charge is -2.21. The van der Waals surface area contributed by atoms with Gasteiger partial charge in [-0.2, -0.15) is 5.10 Å². The summed E-state index contributed by atoms with van der Waals surface area (Å²) >= 11 is 0. The first kappa shape index (κ1) is 21.8. The summed E-state index contributed by atoms with van der Waals surface area (Å²) in [6, 6.07) is 25.7. The molecule has 0 bridgehead atoms. The minimum atomic E-state index is -0.817. The smallest absolute Gasteiger partial charge is 0.263 e. The Morgan fingerprint density at radius 2 is 1.70 bits per heavy atom. The van der Waals surface area contributed by atoms with Crippen molar-refractivity contribution in [3.63, 3.8) is 0 Å². The fourth-order valence-corrected chi connectivity index (χ4v) is 3.20. The summed E-state index contributed by atoms with van der Waals surface area (Å²) in [4.78, 5) is 28.8. The Bertz CT molecular complexity index is 1160. The summed E-state index contributed by atoms with van der Waals surface area (Å²) in [6.45, 7) is 0. The van der Waals surface area contributed by atoms with Crippen LogP contribution in [0.1, 0.15) is 17.5 Å². The van der Waals surface area contributed by atoms with Gasteiger partial charge in [0.15, 0.2) is 0 Å². The van der Waals surface area contributed by atoms with Crippen molar-refractivity contribution in [1.82, 2.24) is 16.3 Å². The van der Waals surface area contributed by atoms with Crippen molar-refractivity contribution >= 4 is 23.9 Å². The van der Waals surface area contributed by atoms with E-state index >= 15 is 0 Å². The van der Waals surface area contributed by atoms with Crippen LogP contribution in [0, 0.1) is 0 Å². The minimum absolute atomic E-state index is 0.111. The van der Waals surface area contributed by atoms with Crippen LogP contribution in [0.15, 0.2) is 95.0 Å². The van der Waals surface area contributed by atoms with Crippen molar-refractivity contribution in [3.05, 3.63) is 96.1 Å². The Labute approximate surface area is 191 Å². The van der Waals surface area contributed by atoms with Gasteiger partial charge in [0.1, 0.15) is 23.4 Å². The highest BCUT2D eigenvalue weighted by Crippen LogP contribution is 2.21. The maximum atomic E-state index is 12.3. The molecule has 3 aromatic rings. The maximum Gasteiger partial charge on any atom is 0.263 e. The number of carbonyl (C=O) groups is 2. The summed E-state index contributed by atoms with van der Waals surface area (Å²) in [5, 5.41) is 3.99. The van der Waals surface area contributed by atoms with Crippen LogP contribution in [-0.4, -0.2) is 29.9 Å². The van der Waals surface area contributed by atoms with Crippen LogP contribution in [0.4, 0.5) is 0 Å². The van der Waals surface area contributed by atoms with Gasteiger partial charge in [0, 0.05) is 6.42 Å². The van der Waals surface area contributed by atoms with E-state index in [-0.39, 0.29) is 12.3 Å². The molecule has 0 saturated heterocycles. The monoisotopic (exact) mass is 441 g/mol. The zero-order valence-electron chi connectivity index (χ0n) is 17.8. The maximum absolute atomic E-state index is 12.3. The average Bonchev–Trinajstić information content (AvgIpc) is 2.83. The zero-order valence-corrected chi connectivity index (χ0v) is 17.8. The summed E-state index contributed by atoms with van der Waals surface area (Å²) in [5.41, 5.74) is 9.61. The number of amidine groups is 1. The van der Waals surface area contributed by atoms with Gasteiger partial charge in [-0.1, -0.05) is 60.7 Å². The van der Waals surface area contributed by atoms with Crippen LogP contribution < -0.4 is 21.0 Å². The van der Waals surface area contributed by atoms with E-state index in [1.165, 1.54) is 6.21 Å². The van der Waals surface area contributed by atoms with Gasteiger partial charge in [-0.15, -0.1) is 0 Å². The van der Waals surface area contributed by atoms with Gasteiger partial charge in [-0.05, 0) is 35.4 Å². The lowest BCUT2D eigenvalue weighted by Crippen LogP contribution is -2.52. The molecule has 8 heteroatoms. The summed E-state index contributed by atoms with van der Waals surface area (Å²) in [7, 11) is 0. The van der Waals surface area contributed by atoms with Gasteiger partial charge < -0.3 is 4.74 Å². The molecule has 2 amide bonds. The highest BCUT2D eigenvalue weighted by molar-refractivity contribution is 5.96. The molecule has 166 valence electrons. The second kappa shape index (κ2) is 10.7. The Kier molecular flexibility index (Phi) is 7.07. The molecule has 1 aliphatic rings. The molecule has 3 aromatic carbocycles. The van der Waals surface area contributed by atoms with Crippen LogP contribution >= 0.6 is 0 Å². The van der Waals surface area contributed by atoms with Gasteiger partial charge in [0.05, 0.1) is 12.6 Å². The third-order valence-corrected chi connectivity index (χ3v) is 4.78. The van der Waals surface area contributed by atoms with Crippen LogP contribution in [0.3, 0.4) is 0 Å². The molecule has 0 spiro atoms. The van der Waals surface area contributed by atoms with Crippen molar-refractivity contribution in [2.75, 3.05) is 0 Å². The summed E-state index contributed by atoms with van der Waals surface area (Å²) in [6.07, 6.45) is 1.93. The molecular formula is C25H23N5O3. The van der Waals surface area contributed by atoms with Crippen molar-refractivity contribution < 1.29 is 14.3 Å². The normalized spacial score (nSPS) is 15.3. The predicted molar refractivity (Wildman–Crippen MR) is 126 cm³/mol. The number of aliphatic imine (C=N–C) groups is 1. The molecule has 4 rings (SSSR count). The van der Waals surface area contributed by atoms with E-state index < -0.39 is 11.9 Å². The number of hydrazone groups is 1. The molecule has 1 heterocycles. The number of benzene rings is 3. The van der Waals surface area contributed by atoms with Crippen LogP contribution in [-0.2, 0) is 16.0 Å². The molecule has 1 atom stereocenters. The summed E-state index contributed by atoms with van der Waals surface area (Å²) in [5.74, 6) is 1.21. The van der Waals surface area contributed by atoms with E-state index in [9.17, 15) is 9.59 Å². The molecule has 8 nitrogen and oxygen atoms in total. The quantitative estimate of drug-likeness (QED) is 0.369. The minimum Gasteiger partial charge on any atom is -0.457 e. The van der Waals surface area contributed by atoms with Crippen molar-refractivity contribution in [1.29, 1.82) is 0 Å². The zero-order chi connectivity index (χ0) is 22.9. The molecule has 33 heavy (non-hydrogen) atoms. The molecular weight excluding hydrogens is 418 g/mol. The number of amides is 2. The van der Waals surface area contributed by atoms with E-state index in [1.54, 1.807) is 0 Å². The highest BCUT2D eigenvalue weighted by Gasteiger charge is 2.25. The predicted octanol–water partition coefficient (Wildman–Crippen LogP) is 2.96. The van der Waals surface area contributed by atoms with Gasteiger partial charge in [-0.25, -0.2) is 5.43 Å². The van der Waals surface area contributed by atoms with Gasteiger partial charge in [0.25, 0.3) is 5.91 Å². The first-order valence-electron chi connectivity index (χ1n) is 10.5. The second-order valence-electron chi connectivity index (χ2n) is 7.35. The highest BCUT2D eigenvalue weighted by atomic mass is 16.5. The van der Waals surface area contributed by atoms with Gasteiger partial charge in [0.2, 0.25) is 5.91 Å². The Hall–Kier alpha value is -4.46. The molecule has 1 aliphatic heterocycles. The lowest BCUT2D eigenvalue weighted by molar-refractivity contribution is -0.128. The Morgan fingerprint density at radius 3 is 2.48 bits per heavy atom. The number of hydrazine groups is 1. The number of carbonyl (C=O) groups excluding carboxylic acids is 2. The molecule has 0 unspecified atom stereocenters. The van der Waals surface area contributed by atoms with E-state index in [1.807, 2.05) is 84.9 Å². The molecule has 3 N–H and O–H groups in total. The van der Waals surface area contributed by atoms with Gasteiger partial charge >= 0.3 is 0 Å². The fourth-order valence-electron chi connectivity index (χ4n) is 3.20. The van der Waals surface area contributed by atoms with Crippen molar-refractivity contribution in [2.24, 2.45) is 10.1 Å². The number of nitrogens with zero attached hydrogens (tertiary/aromatic N) is 2.